The summed E-state index contributed by atoms with van der Waals surface area (Å²) in [4.78, 5) is 18.6. The molecule has 33 heavy (non-hydrogen) atoms. The first-order valence-corrected chi connectivity index (χ1v) is 11.5. The van der Waals surface area contributed by atoms with Crippen molar-refractivity contribution < 1.29 is 14.3 Å². The molecule has 3 N–H and O–H groups in total. The minimum Gasteiger partial charge on any atom is -0.497 e. The van der Waals surface area contributed by atoms with E-state index >= 15 is 0 Å². The highest BCUT2D eigenvalue weighted by Gasteiger charge is 2.16. The van der Waals surface area contributed by atoms with Crippen LogP contribution < -0.4 is 20.5 Å². The molecule has 2 aromatic rings. The van der Waals surface area contributed by atoms with Crippen molar-refractivity contribution in [1.82, 2.24) is 4.90 Å². The molecule has 0 radical (unpaired) electrons. The van der Waals surface area contributed by atoms with Crippen LogP contribution in [-0.2, 0) is 11.2 Å². The molecule has 0 atom stereocenters. The van der Waals surface area contributed by atoms with Crippen molar-refractivity contribution in [3.8, 4) is 11.5 Å². The zero-order chi connectivity index (χ0) is 23.0. The van der Waals surface area contributed by atoms with Crippen molar-refractivity contribution in [3.05, 3.63) is 59.3 Å². The maximum absolute atomic E-state index is 11.6. The van der Waals surface area contributed by atoms with E-state index in [1.807, 2.05) is 48.7 Å². The number of aliphatic imine (C=N–C) groups is 1. The van der Waals surface area contributed by atoms with Gasteiger partial charge in [0.2, 0.25) is 5.91 Å². The Bertz CT molecular complexity index is 1030. The minimum atomic E-state index is 0.0734. The third kappa shape index (κ3) is 6.35. The standard InChI is InChI=1S/C26H32N4O3/c1-32-22-9-6-21(7-10-22)28-17-20-18-30(14-12-24(20)27)13-2-3-15-33-23-8-4-19-5-11-26(31)29-25(19)16-23/h4,6-10,16-17H,2-3,5,11-15,18,27H2,1H3,(H,29,31). The highest BCUT2D eigenvalue weighted by atomic mass is 16.5. The normalized spacial score (nSPS) is 16.6. The van der Waals surface area contributed by atoms with Gasteiger partial charge in [-0.1, -0.05) is 6.07 Å². The summed E-state index contributed by atoms with van der Waals surface area (Å²) in [7, 11) is 1.65. The van der Waals surface area contributed by atoms with Crippen LogP contribution in [0.2, 0.25) is 0 Å². The number of rotatable bonds is 9. The number of carbonyl (C=O) groups excluding carboxylic acids is 1. The molecule has 0 aromatic heterocycles. The van der Waals surface area contributed by atoms with Gasteiger partial charge in [-0.25, -0.2) is 0 Å². The molecule has 0 unspecified atom stereocenters. The molecule has 0 saturated carbocycles. The Hall–Kier alpha value is -3.32. The lowest BCUT2D eigenvalue weighted by atomic mass is 10.0. The zero-order valence-electron chi connectivity index (χ0n) is 19.2. The van der Waals surface area contributed by atoms with Gasteiger partial charge in [0.1, 0.15) is 11.5 Å². The summed E-state index contributed by atoms with van der Waals surface area (Å²) in [6, 6.07) is 13.6. The van der Waals surface area contributed by atoms with Crippen molar-refractivity contribution in [2.45, 2.75) is 32.1 Å². The molecule has 7 nitrogen and oxygen atoms in total. The van der Waals surface area contributed by atoms with Gasteiger partial charge in [-0.2, -0.15) is 0 Å². The first-order valence-electron chi connectivity index (χ1n) is 11.5. The fourth-order valence-electron chi connectivity index (χ4n) is 4.06. The van der Waals surface area contributed by atoms with Crippen LogP contribution in [0.3, 0.4) is 0 Å². The van der Waals surface area contributed by atoms with Crippen LogP contribution in [0, 0.1) is 0 Å². The van der Waals surface area contributed by atoms with Crippen LogP contribution >= 0.6 is 0 Å². The van der Waals surface area contributed by atoms with E-state index in [-0.39, 0.29) is 5.91 Å². The Labute approximate surface area is 195 Å². The summed E-state index contributed by atoms with van der Waals surface area (Å²) in [6.45, 7) is 3.44. The average molecular weight is 449 g/mol. The number of anilines is 1. The molecule has 2 aliphatic heterocycles. The summed E-state index contributed by atoms with van der Waals surface area (Å²) in [5.41, 5.74) is 11.2. The maximum Gasteiger partial charge on any atom is 0.224 e. The van der Waals surface area contributed by atoms with E-state index in [0.29, 0.717) is 13.0 Å². The zero-order valence-corrected chi connectivity index (χ0v) is 19.2. The molecule has 0 saturated heterocycles. The van der Waals surface area contributed by atoms with Crippen molar-refractivity contribution in [3.63, 3.8) is 0 Å². The number of hydrogen-bond donors (Lipinski definition) is 2. The Kier molecular flexibility index (Phi) is 7.62. The second-order valence-corrected chi connectivity index (χ2v) is 8.46. The van der Waals surface area contributed by atoms with E-state index in [2.05, 4.69) is 15.2 Å². The van der Waals surface area contributed by atoms with Gasteiger partial charge in [-0.3, -0.25) is 14.7 Å². The van der Waals surface area contributed by atoms with Crippen molar-refractivity contribution in [2.24, 2.45) is 10.7 Å². The van der Waals surface area contributed by atoms with E-state index in [1.54, 1.807) is 7.11 Å². The van der Waals surface area contributed by atoms with Crippen LogP contribution in [0.5, 0.6) is 11.5 Å². The van der Waals surface area contributed by atoms with Gasteiger partial charge in [0.25, 0.3) is 0 Å². The number of carbonyl (C=O) groups is 1. The smallest absolute Gasteiger partial charge is 0.224 e. The van der Waals surface area contributed by atoms with Gasteiger partial charge in [-0.15, -0.1) is 0 Å². The minimum absolute atomic E-state index is 0.0734. The predicted molar refractivity (Wildman–Crippen MR) is 132 cm³/mol. The number of unbranched alkanes of at least 4 members (excludes halogenated alkanes) is 1. The summed E-state index contributed by atoms with van der Waals surface area (Å²) in [5, 5.41) is 2.92. The highest BCUT2D eigenvalue weighted by Crippen LogP contribution is 2.27. The molecule has 0 aliphatic carbocycles. The molecule has 2 aromatic carbocycles. The first kappa shape index (κ1) is 22.9. The van der Waals surface area contributed by atoms with Crippen molar-refractivity contribution >= 4 is 23.5 Å². The molecule has 0 bridgehead atoms. The van der Waals surface area contributed by atoms with Gasteiger partial charge >= 0.3 is 0 Å². The Morgan fingerprint density at radius 2 is 1.91 bits per heavy atom. The summed E-state index contributed by atoms with van der Waals surface area (Å²) in [5.74, 6) is 1.70. The Morgan fingerprint density at radius 1 is 1.09 bits per heavy atom. The summed E-state index contributed by atoms with van der Waals surface area (Å²) in [6.07, 6.45) is 6.12. The van der Waals surface area contributed by atoms with Crippen LogP contribution in [0.25, 0.3) is 0 Å². The Morgan fingerprint density at radius 3 is 2.73 bits per heavy atom. The number of amides is 1. The molecular weight excluding hydrogens is 416 g/mol. The predicted octanol–water partition coefficient (Wildman–Crippen LogP) is 4.06. The SMILES string of the molecule is COc1ccc(N=CC2=C(N)CCN(CCCCOc3ccc4c(c3)NC(=O)CC4)C2)cc1. The van der Waals surface area contributed by atoms with Crippen LogP contribution in [0.15, 0.2) is 58.7 Å². The van der Waals surface area contributed by atoms with E-state index in [1.165, 1.54) is 5.56 Å². The van der Waals surface area contributed by atoms with E-state index in [4.69, 9.17) is 15.2 Å². The number of nitrogens with zero attached hydrogens (tertiary/aromatic N) is 2. The number of hydrogen-bond acceptors (Lipinski definition) is 6. The molecule has 0 spiro atoms. The maximum atomic E-state index is 11.6. The monoisotopic (exact) mass is 448 g/mol. The molecule has 0 fully saturated rings. The number of aryl methyl sites for hydroxylation is 1. The third-order valence-electron chi connectivity index (χ3n) is 6.06. The number of nitrogens with two attached hydrogens (primary N) is 1. The van der Waals surface area contributed by atoms with E-state index in [9.17, 15) is 4.79 Å². The molecule has 2 aliphatic rings. The fraction of sp³-hybridized carbons (Fsp3) is 0.385. The van der Waals surface area contributed by atoms with Gasteiger partial charge in [0.15, 0.2) is 0 Å². The first-order chi connectivity index (χ1) is 16.1. The highest BCUT2D eigenvalue weighted by molar-refractivity contribution is 5.94. The van der Waals surface area contributed by atoms with Crippen LogP contribution in [0.4, 0.5) is 11.4 Å². The van der Waals surface area contributed by atoms with Crippen LogP contribution in [0.1, 0.15) is 31.2 Å². The second kappa shape index (κ2) is 11.0. The third-order valence-corrected chi connectivity index (χ3v) is 6.06. The lowest BCUT2D eigenvalue weighted by Crippen LogP contribution is -2.34. The number of fused-ring (bicyclic) bond motifs is 1. The summed E-state index contributed by atoms with van der Waals surface area (Å²) < 4.78 is 11.1. The molecule has 4 rings (SSSR count). The number of benzene rings is 2. The number of methoxy groups -OCH3 is 1. The summed E-state index contributed by atoms with van der Waals surface area (Å²) >= 11 is 0. The van der Waals surface area contributed by atoms with Gasteiger partial charge in [0, 0.05) is 55.2 Å². The lowest BCUT2D eigenvalue weighted by molar-refractivity contribution is -0.116. The van der Waals surface area contributed by atoms with E-state index in [0.717, 1.165) is 79.5 Å². The lowest BCUT2D eigenvalue weighted by Gasteiger charge is -2.28. The average Bonchev–Trinajstić information content (AvgIpc) is 2.84. The number of ether oxygens (including phenoxy) is 2. The molecular formula is C26H32N4O3. The number of nitrogens with one attached hydrogen (secondary N) is 1. The molecule has 174 valence electrons. The van der Waals surface area contributed by atoms with Crippen molar-refractivity contribution in [2.75, 3.05) is 38.7 Å². The fourth-order valence-corrected chi connectivity index (χ4v) is 4.06. The Balaban J connectivity index is 1.20. The van der Waals surface area contributed by atoms with E-state index < -0.39 is 0 Å². The van der Waals surface area contributed by atoms with Crippen molar-refractivity contribution in [1.29, 1.82) is 0 Å². The van der Waals surface area contributed by atoms with Gasteiger partial charge < -0.3 is 20.5 Å². The molecule has 7 heteroatoms. The van der Waals surface area contributed by atoms with Gasteiger partial charge in [-0.05, 0) is 61.7 Å². The van der Waals surface area contributed by atoms with Crippen LogP contribution in [-0.4, -0.2) is 50.4 Å². The quantitative estimate of drug-likeness (QED) is 0.446. The largest absolute Gasteiger partial charge is 0.497 e. The molecule has 2 heterocycles. The second-order valence-electron chi connectivity index (χ2n) is 8.46. The topological polar surface area (TPSA) is 89.2 Å². The van der Waals surface area contributed by atoms with Gasteiger partial charge in [0.05, 0.1) is 19.4 Å². The molecule has 1 amide bonds.